The largest absolute Gasteiger partial charge is 0.473 e. The Hall–Kier alpha value is -13.6. The molecule has 9 aliphatic rings. The van der Waals surface area contributed by atoms with Crippen LogP contribution in [0.3, 0.4) is 0 Å². The van der Waals surface area contributed by atoms with E-state index in [0.717, 1.165) is 66.9 Å². The summed E-state index contributed by atoms with van der Waals surface area (Å²) in [6, 6.07) is 33.2. The molecule has 144 heavy (non-hydrogen) atoms. The lowest BCUT2D eigenvalue weighted by Crippen LogP contribution is -2.46. The lowest BCUT2D eigenvalue weighted by atomic mass is 9.86. The number of para-hydroxylation sites is 3. The number of cyclic esters (lactones) is 3. The molecule has 0 aliphatic carbocycles. The molecule has 3 unspecified atom stereocenters. The van der Waals surface area contributed by atoms with Crippen LogP contribution in [0.15, 0.2) is 166 Å². The zero-order chi connectivity index (χ0) is 102. The first kappa shape index (κ1) is 99.1. The maximum Gasteiger partial charge on any atom is 0.473 e. The number of fused-ring (bicyclic) bond motifs is 15. The molecule has 18 heterocycles. The van der Waals surface area contributed by atoms with E-state index in [1.165, 1.54) is 33.7 Å². The number of nitrogens with zero attached hydrogens (tertiary/aromatic N) is 11. The highest BCUT2D eigenvalue weighted by atomic mass is 31.2. The van der Waals surface area contributed by atoms with E-state index in [1.54, 1.807) is 57.4 Å². The van der Waals surface area contributed by atoms with Crippen LogP contribution in [0.1, 0.15) is 162 Å². The van der Waals surface area contributed by atoms with Gasteiger partial charge in [0.1, 0.15) is 38.6 Å². The molecule has 46 nitrogen and oxygen atoms in total. The number of benzene rings is 3. The minimum Gasteiger partial charge on any atom is -0.458 e. The van der Waals surface area contributed by atoms with E-state index in [1.807, 2.05) is 103 Å². The summed E-state index contributed by atoms with van der Waals surface area (Å²) >= 11 is 0. The lowest BCUT2D eigenvalue weighted by molar-refractivity contribution is -0.171. The second kappa shape index (κ2) is 37.9. The van der Waals surface area contributed by atoms with E-state index < -0.39 is 190 Å². The monoisotopic (exact) mass is 2040 g/mol. The third-order valence-electron chi connectivity index (χ3n) is 27.2. The summed E-state index contributed by atoms with van der Waals surface area (Å²) in [5.41, 5.74) is -3.41. The highest BCUT2D eigenvalue weighted by Crippen LogP contribution is 2.59. The van der Waals surface area contributed by atoms with Crippen molar-refractivity contribution in [2.45, 2.75) is 194 Å². The summed E-state index contributed by atoms with van der Waals surface area (Å²) in [6.07, 6.45) is -3.49. The zero-order valence-electron chi connectivity index (χ0n) is 78.1. The van der Waals surface area contributed by atoms with Crippen LogP contribution < -0.4 is 50.2 Å². The molecule has 0 radical (unpaired) electrons. The molecular weight excluding hydrogens is 1950 g/mol. The normalized spacial score (nSPS) is 24.6. The fourth-order valence-electron chi connectivity index (χ4n) is 19.7. The van der Waals surface area contributed by atoms with E-state index in [0.29, 0.717) is 57.2 Å². The Morgan fingerprint density at radius 3 is 1.26 bits per heavy atom. The Balaban J connectivity index is 0.000000137. The Labute approximate surface area is 810 Å². The van der Waals surface area contributed by atoms with Gasteiger partial charge >= 0.3 is 64.4 Å². The van der Waals surface area contributed by atoms with Gasteiger partial charge in [-0.25, -0.2) is 62.4 Å². The summed E-state index contributed by atoms with van der Waals surface area (Å²) in [5, 5.41) is 5.00. The van der Waals surface area contributed by atoms with Crippen molar-refractivity contribution in [2.24, 2.45) is 17.8 Å². The molecular formula is C94H92FN14O32P3. The number of nitrogens with one attached hydrogen (secondary N) is 3. The molecule has 0 saturated carbocycles. The Morgan fingerprint density at radius 2 is 0.882 bits per heavy atom. The van der Waals surface area contributed by atoms with Gasteiger partial charge in [0.05, 0.1) is 131 Å². The molecule has 6 N–H and O–H groups in total. The number of hydrogen-bond acceptors (Lipinski definition) is 34. The topological polar surface area (TPSA) is 591 Å². The smallest absolute Gasteiger partial charge is 0.458 e. The third-order valence-corrected chi connectivity index (χ3v) is 30.3. The number of amides is 1. The molecule has 16 atom stereocenters. The number of rotatable bonds is 23. The van der Waals surface area contributed by atoms with Gasteiger partial charge in [-0.2, -0.15) is 9.37 Å². The minimum absolute atomic E-state index is 0.0609. The Bertz CT molecular complexity index is 7820. The average molecular weight is 2040 g/mol. The number of hydrogen-bond donors (Lipinski definition) is 6. The number of phosphoric ester groups is 3. The number of anilines is 1. The molecule has 0 bridgehead atoms. The summed E-state index contributed by atoms with van der Waals surface area (Å²) < 4.78 is 134. The first-order valence-electron chi connectivity index (χ1n) is 45.8. The zero-order valence-corrected chi connectivity index (χ0v) is 80.8. The molecule has 752 valence electrons. The van der Waals surface area contributed by atoms with Crippen molar-refractivity contribution in [3.63, 3.8) is 0 Å². The molecule has 50 heteroatoms. The standard InChI is InChI=1S/C33H33N6O12P.C31H31N4O10P.C30H28FN4O10P/c1-5-33(22-11-24-26-20(10-19-8-6-7-9-23(19)36-26)12-38(24)28(42)21(22)13-47-30(33)43)51-52(45,46)48-14-25-16(2)27(49-18(4)41)29(50-25)39-15-34-31(35-17(3)40)37-32(39)44;1-4-31(45-46(40,41)43-15-24-16(2)9-25(44-24)35-12-17(3)27(36)33-30(35)39)21-11-23-26-19(10-18-7-5-6-8-22(18)32-26)13-34(23)28(37)20(21)14-42-29(31)38;1-3-30(45-46(40,41)43-14-23-15(2)8-24(44-23)35-12-20(31)26(36)33-29(35)39)19-10-22-25-17(9-16-6-4-5-7-21(16)32-25)11-34(22)27(37)18(19)13-42-28(30)38/h6-11,15-16,25,27,29H,5,12-14H2,1-4H3,(H,45,46)(H,35,37,40,44);5-8,10-12,16,24-25H,4,9,13-15H2,1-3H3,(H,40,41)(H,33,36,39);4-7,9-10,12,15,23-24H,3,8,11,13-14H2,1-2H3,(H,40,41)(H,33,36,39)/t16-,25-,27-,29-,33+;16-,24+,25+,31-;15-,23+,24+,30-/m100/s1. The van der Waals surface area contributed by atoms with Crippen LogP contribution in [-0.2, 0) is 154 Å². The highest BCUT2D eigenvalue weighted by molar-refractivity contribution is 7.48. The van der Waals surface area contributed by atoms with Crippen LogP contribution in [0, 0.1) is 30.5 Å². The summed E-state index contributed by atoms with van der Waals surface area (Å²) in [6.45, 7) is 12.0. The first-order chi connectivity index (χ1) is 68.5. The number of aromatic amines is 2. The first-order valence-corrected chi connectivity index (χ1v) is 50.2. The molecule has 21 rings (SSSR count). The number of aryl methyl sites for hydroxylation is 1. The predicted octanol–water partition coefficient (Wildman–Crippen LogP) is 8.13. The number of halogens is 1. The van der Waals surface area contributed by atoms with E-state index in [4.69, 9.17) is 75.3 Å². The number of pyridine rings is 6. The quantitative estimate of drug-likeness (QED) is 0.0200. The maximum absolute atomic E-state index is 13.8. The summed E-state index contributed by atoms with van der Waals surface area (Å²) in [4.78, 5) is 224. The highest BCUT2D eigenvalue weighted by Gasteiger charge is 2.58. The van der Waals surface area contributed by atoms with Gasteiger partial charge in [0.25, 0.3) is 27.8 Å². The fourth-order valence-corrected chi connectivity index (χ4v) is 22.9. The van der Waals surface area contributed by atoms with Crippen molar-refractivity contribution in [3.05, 3.63) is 273 Å². The van der Waals surface area contributed by atoms with Crippen LogP contribution in [0.2, 0.25) is 0 Å². The third kappa shape index (κ3) is 18.0. The SMILES string of the molecule is CC[C@@]1(OP(=O)(O)OC[C@H]2O[C@@H](n3cc(C)c(=O)[nH]c3=O)C[C@@H]2C)C(=O)OCc2c1cc1n(c2=O)Cc2cc3ccccc3nc2-1.CC[C@@]1(OP(=O)(O)OC[C@H]2O[C@@H](n3cc(F)c(=O)[nH]c3=O)C[C@@H]2C)C(=O)OCc2c1cc1n(c2=O)Cc2cc3ccccc3nc2-1.CC[C@@]1(OP(=O)(O)OC[C@H]2O[C@@H](n3cnc(NC(C)=O)nc3=O)[C@H](OC(C)=O)[C@@H]2C)C(=O)OCc2c1cc1n(c2=O)Cc2cc3ccccc3nc2-1. The van der Waals surface area contributed by atoms with Gasteiger partial charge in [0, 0.05) is 81.1 Å². The van der Waals surface area contributed by atoms with Gasteiger partial charge in [0.15, 0.2) is 12.3 Å². The number of carbonyl (C=O) groups excluding carboxylic acids is 5. The van der Waals surface area contributed by atoms with E-state index in [-0.39, 0.29) is 116 Å². The summed E-state index contributed by atoms with van der Waals surface area (Å²) in [7, 11) is -15.2. The second-order valence-electron chi connectivity index (χ2n) is 36.2. The molecule has 9 aliphatic heterocycles. The summed E-state index contributed by atoms with van der Waals surface area (Å²) in [5.74, 6) is -6.76. The number of ether oxygens (including phenoxy) is 7. The van der Waals surface area contributed by atoms with Crippen molar-refractivity contribution in [2.75, 3.05) is 25.1 Å². The molecule has 3 aromatic carbocycles. The average Bonchev–Trinajstić information content (AvgIpc) is 1.49. The van der Waals surface area contributed by atoms with Gasteiger partial charge < -0.3 is 61.5 Å². The molecule has 1 amide bonds. The van der Waals surface area contributed by atoms with Crippen LogP contribution in [0.4, 0.5) is 10.3 Å². The Morgan fingerprint density at radius 1 is 0.507 bits per heavy atom. The van der Waals surface area contributed by atoms with E-state index in [2.05, 4.69) is 20.3 Å². The van der Waals surface area contributed by atoms with E-state index in [9.17, 15) is 95.1 Å². The second-order valence-corrected chi connectivity index (χ2v) is 40.3. The molecule has 3 fully saturated rings. The fraction of sp³-hybridized carbons (Fsp3) is 0.383. The van der Waals surface area contributed by atoms with Crippen molar-refractivity contribution in [1.82, 2.24) is 62.3 Å². The van der Waals surface area contributed by atoms with Gasteiger partial charge in [-0.15, -0.1) is 0 Å². The number of aromatic nitrogens is 13. The van der Waals surface area contributed by atoms with Crippen molar-refractivity contribution in [3.8, 4) is 34.2 Å². The van der Waals surface area contributed by atoms with Crippen LogP contribution in [-0.4, -0.2) is 151 Å². The molecule has 0 spiro atoms. The molecule has 12 aromatic rings. The van der Waals surface area contributed by atoms with Crippen molar-refractivity contribution < 1.29 is 117 Å². The number of carbonyl (C=O) groups is 5. The van der Waals surface area contributed by atoms with Crippen LogP contribution in [0.25, 0.3) is 66.9 Å². The van der Waals surface area contributed by atoms with E-state index >= 15 is 0 Å². The van der Waals surface area contributed by atoms with Gasteiger partial charge in [-0.05, 0) is 105 Å². The molecule has 9 aromatic heterocycles. The molecule has 3 saturated heterocycles. The van der Waals surface area contributed by atoms with Crippen molar-refractivity contribution in [1.29, 1.82) is 0 Å². The number of phosphoric acid groups is 3. The van der Waals surface area contributed by atoms with Gasteiger partial charge in [-0.3, -0.25) is 89.7 Å². The number of H-pyrrole nitrogens is 2. The van der Waals surface area contributed by atoms with Crippen molar-refractivity contribution >= 4 is 91.9 Å². The van der Waals surface area contributed by atoms with Crippen LogP contribution >= 0.6 is 23.5 Å². The Kier molecular flexibility index (Phi) is 26.1. The number of esters is 4. The van der Waals surface area contributed by atoms with Gasteiger partial charge in [-0.1, -0.05) is 96.1 Å². The predicted molar refractivity (Wildman–Crippen MR) is 499 cm³/mol. The minimum atomic E-state index is -5.16. The maximum atomic E-state index is 13.8. The van der Waals surface area contributed by atoms with Gasteiger partial charge in [0.2, 0.25) is 34.5 Å². The lowest BCUT2D eigenvalue weighted by Gasteiger charge is -2.36. The van der Waals surface area contributed by atoms with Crippen LogP contribution in [0.5, 0.6) is 0 Å².